The fourth-order valence-electron chi connectivity index (χ4n) is 3.92. The number of hydrogen-bond acceptors (Lipinski definition) is 3. The Balaban J connectivity index is 1.52. The Morgan fingerprint density at radius 3 is 2.26 bits per heavy atom. The van der Waals surface area contributed by atoms with Gasteiger partial charge < -0.3 is 5.11 Å². The van der Waals surface area contributed by atoms with E-state index < -0.39 is 5.41 Å². The summed E-state index contributed by atoms with van der Waals surface area (Å²) in [6, 6.07) is 19.1. The minimum Gasteiger partial charge on any atom is -0.392 e. The lowest BCUT2D eigenvalue weighted by Gasteiger charge is -2.32. The number of nitrogens with zero attached hydrogens (tertiary/aromatic N) is 2. The lowest BCUT2D eigenvalue weighted by atomic mass is 9.86. The number of hydrogen-bond donors (Lipinski definition) is 1. The Hall–Kier alpha value is -2.15. The quantitative estimate of drug-likeness (QED) is 0.827. The molecule has 0 aromatic heterocycles. The predicted octanol–water partition coefficient (Wildman–Crippen LogP) is 4.43. The van der Waals surface area contributed by atoms with E-state index in [1.54, 1.807) is 0 Å². The van der Waals surface area contributed by atoms with Crippen LogP contribution in [0.4, 0.5) is 0 Å². The number of aliphatic hydroxyl groups is 1. The summed E-state index contributed by atoms with van der Waals surface area (Å²) in [5.74, 6) is 0.702. The number of aliphatic hydroxyl groups excluding tert-OH is 1. The SMILES string of the molecule is CC(C)(C#N)c1ccc(CN2CCC(Cc3ccccc3CO)CC2)cc1. The van der Waals surface area contributed by atoms with Crippen molar-refractivity contribution in [3.8, 4) is 6.07 Å². The van der Waals surface area contributed by atoms with Gasteiger partial charge >= 0.3 is 0 Å². The Morgan fingerprint density at radius 2 is 1.67 bits per heavy atom. The largest absolute Gasteiger partial charge is 0.392 e. The topological polar surface area (TPSA) is 47.3 Å². The molecule has 27 heavy (non-hydrogen) atoms. The van der Waals surface area contributed by atoms with E-state index in [-0.39, 0.29) is 6.61 Å². The van der Waals surface area contributed by atoms with Crippen LogP contribution in [0.2, 0.25) is 0 Å². The van der Waals surface area contributed by atoms with Crippen LogP contribution in [0.25, 0.3) is 0 Å². The highest BCUT2D eigenvalue weighted by Crippen LogP contribution is 2.26. The molecule has 1 N–H and O–H groups in total. The third-order valence-corrected chi connectivity index (χ3v) is 5.87. The summed E-state index contributed by atoms with van der Waals surface area (Å²) in [5.41, 5.74) is 4.34. The first-order valence-corrected chi connectivity index (χ1v) is 9.92. The molecule has 0 spiro atoms. The highest BCUT2D eigenvalue weighted by atomic mass is 16.3. The Morgan fingerprint density at radius 1 is 1.04 bits per heavy atom. The number of benzene rings is 2. The van der Waals surface area contributed by atoms with Gasteiger partial charge in [0, 0.05) is 6.54 Å². The van der Waals surface area contributed by atoms with E-state index in [9.17, 15) is 10.4 Å². The van der Waals surface area contributed by atoms with Crippen molar-refractivity contribution in [1.82, 2.24) is 4.90 Å². The molecule has 0 aliphatic carbocycles. The summed E-state index contributed by atoms with van der Waals surface area (Å²) < 4.78 is 0. The molecule has 0 unspecified atom stereocenters. The average molecular weight is 363 g/mol. The van der Waals surface area contributed by atoms with E-state index in [1.807, 2.05) is 26.0 Å². The van der Waals surface area contributed by atoms with Gasteiger partial charge in [-0.25, -0.2) is 0 Å². The van der Waals surface area contributed by atoms with Crippen molar-refractivity contribution in [3.63, 3.8) is 0 Å². The standard InChI is InChI=1S/C24H30N2O/c1-24(2,18-25)23-9-7-20(8-10-23)16-26-13-11-19(12-14-26)15-21-5-3-4-6-22(21)17-27/h3-10,19,27H,11-17H2,1-2H3. The molecule has 0 bridgehead atoms. The Labute approximate surface area is 163 Å². The second kappa shape index (κ2) is 8.69. The summed E-state index contributed by atoms with van der Waals surface area (Å²) >= 11 is 0. The minimum atomic E-state index is -0.429. The first-order valence-electron chi connectivity index (χ1n) is 9.92. The van der Waals surface area contributed by atoms with Crippen molar-refractivity contribution < 1.29 is 5.11 Å². The van der Waals surface area contributed by atoms with Crippen molar-refractivity contribution in [2.45, 2.75) is 51.7 Å². The number of piperidine rings is 1. The summed E-state index contributed by atoms with van der Waals surface area (Å²) in [4.78, 5) is 2.53. The lowest BCUT2D eigenvalue weighted by Crippen LogP contribution is -2.34. The molecule has 0 amide bonds. The fourth-order valence-corrected chi connectivity index (χ4v) is 3.92. The van der Waals surface area contributed by atoms with Crippen LogP contribution in [0, 0.1) is 17.2 Å². The van der Waals surface area contributed by atoms with E-state index in [0.717, 1.165) is 37.2 Å². The fraction of sp³-hybridized carbons (Fsp3) is 0.458. The predicted molar refractivity (Wildman–Crippen MR) is 109 cm³/mol. The molecule has 3 rings (SSSR count). The molecule has 1 saturated heterocycles. The van der Waals surface area contributed by atoms with Crippen LogP contribution in [0.1, 0.15) is 48.9 Å². The first kappa shape index (κ1) is 19.6. The number of rotatable bonds is 6. The van der Waals surface area contributed by atoms with Crippen LogP contribution < -0.4 is 0 Å². The van der Waals surface area contributed by atoms with Gasteiger partial charge in [-0.2, -0.15) is 5.26 Å². The molecule has 1 heterocycles. The maximum atomic E-state index is 9.51. The van der Waals surface area contributed by atoms with Gasteiger partial charge in [0.25, 0.3) is 0 Å². The van der Waals surface area contributed by atoms with E-state index in [4.69, 9.17) is 0 Å². The molecule has 1 aliphatic heterocycles. The van der Waals surface area contributed by atoms with Crippen molar-refractivity contribution in [1.29, 1.82) is 5.26 Å². The number of nitriles is 1. The molecule has 0 atom stereocenters. The summed E-state index contributed by atoms with van der Waals surface area (Å²) in [5, 5.41) is 18.8. The zero-order chi connectivity index (χ0) is 19.3. The molecule has 0 radical (unpaired) electrons. The third kappa shape index (κ3) is 4.97. The highest BCUT2D eigenvalue weighted by Gasteiger charge is 2.22. The Kier molecular flexibility index (Phi) is 6.31. The molecule has 2 aromatic rings. The highest BCUT2D eigenvalue weighted by molar-refractivity contribution is 5.32. The summed E-state index contributed by atoms with van der Waals surface area (Å²) in [6.45, 7) is 7.28. The molecular weight excluding hydrogens is 332 g/mol. The summed E-state index contributed by atoms with van der Waals surface area (Å²) in [6.07, 6.45) is 3.49. The van der Waals surface area contributed by atoms with Gasteiger partial charge in [-0.1, -0.05) is 48.5 Å². The van der Waals surface area contributed by atoms with Gasteiger partial charge in [-0.3, -0.25) is 4.90 Å². The summed E-state index contributed by atoms with van der Waals surface area (Å²) in [7, 11) is 0. The molecule has 1 aliphatic rings. The average Bonchev–Trinajstić information content (AvgIpc) is 2.70. The molecule has 0 saturated carbocycles. The van der Waals surface area contributed by atoms with Crippen LogP contribution >= 0.6 is 0 Å². The maximum absolute atomic E-state index is 9.51. The van der Waals surface area contributed by atoms with E-state index in [2.05, 4.69) is 47.4 Å². The van der Waals surface area contributed by atoms with Gasteiger partial charge in [0.05, 0.1) is 18.1 Å². The molecule has 3 heteroatoms. The van der Waals surface area contributed by atoms with Crippen LogP contribution in [0.15, 0.2) is 48.5 Å². The normalized spacial score (nSPS) is 16.2. The van der Waals surface area contributed by atoms with Crippen molar-refractivity contribution in [3.05, 3.63) is 70.8 Å². The molecular formula is C24H30N2O. The van der Waals surface area contributed by atoms with Crippen molar-refractivity contribution in [2.75, 3.05) is 13.1 Å². The zero-order valence-corrected chi connectivity index (χ0v) is 16.5. The van der Waals surface area contributed by atoms with E-state index in [1.165, 1.54) is 24.0 Å². The lowest BCUT2D eigenvalue weighted by molar-refractivity contribution is 0.176. The molecule has 3 nitrogen and oxygen atoms in total. The van der Waals surface area contributed by atoms with Crippen LogP contribution in [0.3, 0.4) is 0 Å². The second-order valence-corrected chi connectivity index (χ2v) is 8.28. The minimum absolute atomic E-state index is 0.133. The van der Waals surface area contributed by atoms with Crippen LogP contribution in [-0.4, -0.2) is 23.1 Å². The monoisotopic (exact) mass is 362 g/mol. The van der Waals surface area contributed by atoms with Gasteiger partial charge in [0.2, 0.25) is 0 Å². The van der Waals surface area contributed by atoms with Crippen LogP contribution in [0.5, 0.6) is 0 Å². The molecule has 142 valence electrons. The van der Waals surface area contributed by atoms with E-state index >= 15 is 0 Å². The second-order valence-electron chi connectivity index (χ2n) is 8.28. The van der Waals surface area contributed by atoms with Gasteiger partial charge in [0.15, 0.2) is 0 Å². The zero-order valence-electron chi connectivity index (χ0n) is 16.5. The molecule has 2 aromatic carbocycles. The van der Waals surface area contributed by atoms with Gasteiger partial charge in [0.1, 0.15) is 0 Å². The molecule has 1 fully saturated rings. The van der Waals surface area contributed by atoms with Gasteiger partial charge in [-0.15, -0.1) is 0 Å². The third-order valence-electron chi connectivity index (χ3n) is 5.87. The first-order chi connectivity index (χ1) is 13.0. The smallest absolute Gasteiger partial charge is 0.0766 e. The van der Waals surface area contributed by atoms with Gasteiger partial charge in [-0.05, 0) is 74.4 Å². The van der Waals surface area contributed by atoms with Crippen molar-refractivity contribution in [2.24, 2.45) is 5.92 Å². The van der Waals surface area contributed by atoms with E-state index in [0.29, 0.717) is 5.92 Å². The van der Waals surface area contributed by atoms with Crippen LogP contribution in [-0.2, 0) is 25.0 Å². The maximum Gasteiger partial charge on any atom is 0.0766 e. The van der Waals surface area contributed by atoms with Crippen molar-refractivity contribution >= 4 is 0 Å². The Bertz CT molecular complexity index is 781. The number of likely N-dealkylation sites (tertiary alicyclic amines) is 1.